The van der Waals surface area contributed by atoms with Crippen molar-refractivity contribution in [3.05, 3.63) is 70.9 Å². The summed E-state index contributed by atoms with van der Waals surface area (Å²) >= 11 is 5.81. The van der Waals surface area contributed by atoms with E-state index < -0.39 is 0 Å². The third-order valence-corrected chi connectivity index (χ3v) is 3.48. The zero-order valence-corrected chi connectivity index (χ0v) is 13.6. The summed E-state index contributed by atoms with van der Waals surface area (Å²) in [5.41, 5.74) is 2.02. The van der Waals surface area contributed by atoms with Crippen molar-refractivity contribution in [1.82, 2.24) is 10.6 Å². The summed E-state index contributed by atoms with van der Waals surface area (Å²) < 4.78 is 5.28. The number of carbonyl (C=O) groups excluding carboxylic acids is 1. The molecule has 0 unspecified atom stereocenters. The molecular formula is C18H19ClN2O2. The molecule has 120 valence electrons. The van der Waals surface area contributed by atoms with E-state index >= 15 is 0 Å². The third-order valence-electron chi connectivity index (χ3n) is 3.23. The first kappa shape index (κ1) is 16.9. The fourth-order valence-corrected chi connectivity index (χ4v) is 2.18. The van der Waals surface area contributed by atoms with Gasteiger partial charge in [0.2, 0.25) is 0 Å². The highest BCUT2D eigenvalue weighted by molar-refractivity contribution is 6.30. The molecule has 2 rings (SSSR count). The van der Waals surface area contributed by atoms with E-state index in [4.69, 9.17) is 16.3 Å². The molecule has 0 heterocycles. The van der Waals surface area contributed by atoms with E-state index in [2.05, 4.69) is 10.6 Å². The Hall–Kier alpha value is -2.46. The van der Waals surface area contributed by atoms with E-state index in [1.54, 1.807) is 31.5 Å². The minimum Gasteiger partial charge on any atom is -0.496 e. The fourth-order valence-electron chi connectivity index (χ4n) is 2.06. The number of para-hydroxylation sites is 1. The van der Waals surface area contributed by atoms with E-state index in [1.165, 1.54) is 0 Å². The third kappa shape index (κ3) is 5.68. The van der Waals surface area contributed by atoms with E-state index in [-0.39, 0.29) is 6.03 Å². The number of rotatable bonds is 6. The summed E-state index contributed by atoms with van der Waals surface area (Å²) in [6, 6.07) is 14.9. The van der Waals surface area contributed by atoms with Gasteiger partial charge in [0.25, 0.3) is 0 Å². The van der Waals surface area contributed by atoms with Gasteiger partial charge in [0.05, 0.1) is 7.11 Å². The maximum absolute atomic E-state index is 11.7. The maximum atomic E-state index is 11.7. The number of ether oxygens (including phenoxy) is 1. The van der Waals surface area contributed by atoms with E-state index in [9.17, 15) is 4.79 Å². The highest BCUT2D eigenvalue weighted by atomic mass is 35.5. The van der Waals surface area contributed by atoms with Gasteiger partial charge in [0.1, 0.15) is 5.75 Å². The first-order valence-corrected chi connectivity index (χ1v) is 7.65. The van der Waals surface area contributed by atoms with Gasteiger partial charge in [0, 0.05) is 17.8 Å². The van der Waals surface area contributed by atoms with E-state index in [1.807, 2.05) is 36.4 Å². The minimum absolute atomic E-state index is 0.245. The maximum Gasteiger partial charge on any atom is 0.318 e. The molecule has 0 aromatic heterocycles. The smallest absolute Gasteiger partial charge is 0.318 e. The monoisotopic (exact) mass is 330 g/mol. The number of carbonyl (C=O) groups is 1. The van der Waals surface area contributed by atoms with Crippen molar-refractivity contribution in [2.75, 3.05) is 13.7 Å². The predicted molar refractivity (Wildman–Crippen MR) is 93.7 cm³/mol. The molecule has 0 aliphatic heterocycles. The molecule has 0 bridgehead atoms. The average molecular weight is 331 g/mol. The molecule has 2 N–H and O–H groups in total. The SMILES string of the molecule is COc1ccccc1CCNC(=O)N/C=C/c1ccc(Cl)cc1. The van der Waals surface area contributed by atoms with Crippen LogP contribution in [-0.4, -0.2) is 19.7 Å². The molecule has 5 heteroatoms. The topological polar surface area (TPSA) is 50.4 Å². The number of halogens is 1. The number of hydrogen-bond donors (Lipinski definition) is 2. The summed E-state index contributed by atoms with van der Waals surface area (Å²) in [6.07, 6.45) is 4.11. The molecule has 0 fully saturated rings. The summed E-state index contributed by atoms with van der Waals surface area (Å²) in [5, 5.41) is 6.15. The van der Waals surface area contributed by atoms with Crippen molar-refractivity contribution >= 4 is 23.7 Å². The molecule has 0 aliphatic rings. The normalized spacial score (nSPS) is 10.5. The van der Waals surface area contributed by atoms with E-state index in [0.29, 0.717) is 18.0 Å². The average Bonchev–Trinajstić information content (AvgIpc) is 2.57. The Balaban J connectivity index is 1.74. The van der Waals surface area contributed by atoms with Crippen LogP contribution in [0.5, 0.6) is 5.75 Å². The largest absolute Gasteiger partial charge is 0.496 e. The summed E-state index contributed by atoms with van der Waals surface area (Å²) in [7, 11) is 1.64. The van der Waals surface area contributed by atoms with Crippen molar-refractivity contribution in [2.45, 2.75) is 6.42 Å². The molecule has 0 spiro atoms. The standard InChI is InChI=1S/C18H19ClN2O2/c1-23-17-5-3-2-4-15(17)11-13-21-18(22)20-12-10-14-6-8-16(19)9-7-14/h2-10,12H,11,13H2,1H3,(H2,20,21,22)/b12-10+. The molecular weight excluding hydrogens is 312 g/mol. The van der Waals surface area contributed by atoms with Crippen molar-refractivity contribution in [2.24, 2.45) is 0 Å². The highest BCUT2D eigenvalue weighted by Crippen LogP contribution is 2.17. The molecule has 2 amide bonds. The molecule has 2 aromatic rings. The second kappa shape index (κ2) is 8.86. The van der Waals surface area contributed by atoms with Gasteiger partial charge in [-0.3, -0.25) is 0 Å². The lowest BCUT2D eigenvalue weighted by Gasteiger charge is -2.08. The second-order valence-electron chi connectivity index (χ2n) is 4.85. The van der Waals surface area contributed by atoms with Gasteiger partial charge in [-0.05, 0) is 41.8 Å². The molecule has 0 saturated carbocycles. The van der Waals surface area contributed by atoms with Gasteiger partial charge in [0.15, 0.2) is 0 Å². The predicted octanol–water partition coefficient (Wildman–Crippen LogP) is 3.86. The zero-order valence-electron chi connectivity index (χ0n) is 12.9. The molecule has 23 heavy (non-hydrogen) atoms. The van der Waals surface area contributed by atoms with Crippen LogP contribution in [0.2, 0.25) is 5.02 Å². The van der Waals surface area contributed by atoms with Crippen LogP contribution < -0.4 is 15.4 Å². The van der Waals surface area contributed by atoms with Gasteiger partial charge < -0.3 is 15.4 Å². The summed E-state index contributed by atoms with van der Waals surface area (Å²) in [5.74, 6) is 0.831. The van der Waals surface area contributed by atoms with Crippen LogP contribution in [0.3, 0.4) is 0 Å². The molecule has 0 saturated heterocycles. The number of hydrogen-bond acceptors (Lipinski definition) is 2. The minimum atomic E-state index is -0.245. The van der Waals surface area contributed by atoms with E-state index in [0.717, 1.165) is 16.9 Å². The van der Waals surface area contributed by atoms with Gasteiger partial charge in [-0.25, -0.2) is 4.79 Å². The van der Waals surface area contributed by atoms with Crippen LogP contribution in [0.1, 0.15) is 11.1 Å². The van der Waals surface area contributed by atoms with Crippen LogP contribution >= 0.6 is 11.6 Å². The number of urea groups is 1. The van der Waals surface area contributed by atoms with Crippen LogP contribution in [0.15, 0.2) is 54.7 Å². The highest BCUT2D eigenvalue weighted by Gasteiger charge is 2.02. The van der Waals surface area contributed by atoms with Crippen LogP contribution in [0, 0.1) is 0 Å². The number of amides is 2. The lowest BCUT2D eigenvalue weighted by atomic mass is 10.1. The van der Waals surface area contributed by atoms with Crippen molar-refractivity contribution in [3.63, 3.8) is 0 Å². The fraction of sp³-hybridized carbons (Fsp3) is 0.167. The quantitative estimate of drug-likeness (QED) is 0.845. The molecule has 0 aliphatic carbocycles. The first-order chi connectivity index (χ1) is 11.2. The van der Waals surface area contributed by atoms with Crippen LogP contribution in [0.25, 0.3) is 6.08 Å². The van der Waals surface area contributed by atoms with Crippen molar-refractivity contribution in [1.29, 1.82) is 0 Å². The molecule has 0 atom stereocenters. The second-order valence-corrected chi connectivity index (χ2v) is 5.28. The molecule has 0 radical (unpaired) electrons. The van der Waals surface area contributed by atoms with Crippen LogP contribution in [-0.2, 0) is 6.42 Å². The lowest BCUT2D eigenvalue weighted by molar-refractivity contribution is 0.244. The summed E-state index contributed by atoms with van der Waals surface area (Å²) in [4.78, 5) is 11.7. The van der Waals surface area contributed by atoms with Gasteiger partial charge >= 0.3 is 6.03 Å². The van der Waals surface area contributed by atoms with Crippen molar-refractivity contribution < 1.29 is 9.53 Å². The Kier molecular flexibility index (Phi) is 6.51. The number of benzene rings is 2. The Bertz CT molecular complexity index is 669. The van der Waals surface area contributed by atoms with Crippen LogP contribution in [0.4, 0.5) is 4.79 Å². The number of methoxy groups -OCH3 is 1. The summed E-state index contributed by atoms with van der Waals surface area (Å²) in [6.45, 7) is 0.529. The zero-order chi connectivity index (χ0) is 16.5. The van der Waals surface area contributed by atoms with Gasteiger partial charge in [-0.15, -0.1) is 0 Å². The van der Waals surface area contributed by atoms with Crippen molar-refractivity contribution in [3.8, 4) is 5.75 Å². The Morgan fingerprint density at radius 1 is 1.17 bits per heavy atom. The Labute approximate surface area is 141 Å². The molecule has 2 aromatic carbocycles. The lowest BCUT2D eigenvalue weighted by Crippen LogP contribution is -2.33. The first-order valence-electron chi connectivity index (χ1n) is 7.27. The van der Waals surface area contributed by atoms with Gasteiger partial charge in [-0.1, -0.05) is 41.9 Å². The Morgan fingerprint density at radius 2 is 1.91 bits per heavy atom. The number of nitrogens with one attached hydrogen (secondary N) is 2. The Morgan fingerprint density at radius 3 is 2.65 bits per heavy atom. The molecule has 4 nitrogen and oxygen atoms in total. The van der Waals surface area contributed by atoms with Gasteiger partial charge in [-0.2, -0.15) is 0 Å².